The number of allylic oxidation sites excluding steroid dienone is 1. The second kappa shape index (κ2) is 7.88. The Hall–Kier alpha value is -2.75. The van der Waals surface area contributed by atoms with E-state index in [4.69, 9.17) is 0 Å². The predicted octanol–water partition coefficient (Wildman–Crippen LogP) is 2.52. The Morgan fingerprint density at radius 1 is 1.16 bits per heavy atom. The number of piperidine rings is 1. The van der Waals surface area contributed by atoms with Crippen molar-refractivity contribution in [2.45, 2.75) is 12.8 Å². The number of anilines is 1. The lowest BCUT2D eigenvalue weighted by atomic mass is 10.0. The van der Waals surface area contributed by atoms with Crippen molar-refractivity contribution >= 4 is 11.5 Å². The lowest BCUT2D eigenvalue weighted by Crippen LogP contribution is -2.74. The van der Waals surface area contributed by atoms with Crippen LogP contribution in [0, 0.1) is 23.5 Å². The van der Waals surface area contributed by atoms with Gasteiger partial charge >= 0.3 is 0 Å². The van der Waals surface area contributed by atoms with Crippen LogP contribution < -0.4 is 10.4 Å². The van der Waals surface area contributed by atoms with Gasteiger partial charge in [0.1, 0.15) is 11.6 Å². The van der Waals surface area contributed by atoms with Crippen LogP contribution >= 0.6 is 0 Å². The van der Waals surface area contributed by atoms with Crippen molar-refractivity contribution in [2.24, 2.45) is 0 Å². The molecule has 2 aromatic rings. The molecule has 3 rings (SSSR count). The van der Waals surface area contributed by atoms with Gasteiger partial charge in [-0.2, -0.15) is 5.48 Å². The Morgan fingerprint density at radius 2 is 1.88 bits per heavy atom. The number of benzene rings is 1. The van der Waals surface area contributed by atoms with Crippen molar-refractivity contribution in [3.8, 4) is 11.8 Å². The van der Waals surface area contributed by atoms with E-state index in [-0.39, 0.29) is 0 Å². The maximum absolute atomic E-state index is 13.1. The van der Waals surface area contributed by atoms with Crippen LogP contribution in [0.2, 0.25) is 0 Å². The second-order valence-electron chi connectivity index (χ2n) is 5.76. The molecule has 1 aliphatic rings. The van der Waals surface area contributed by atoms with E-state index in [1.807, 2.05) is 12.1 Å². The molecule has 3 N–H and O–H groups in total. The van der Waals surface area contributed by atoms with Gasteiger partial charge in [0.15, 0.2) is 5.82 Å². The van der Waals surface area contributed by atoms with E-state index in [9.17, 15) is 14.0 Å². The lowest BCUT2D eigenvalue weighted by molar-refractivity contribution is -0.825. The molecule has 0 atom stereocenters. The van der Waals surface area contributed by atoms with Crippen LogP contribution in [0.3, 0.4) is 0 Å². The van der Waals surface area contributed by atoms with Crippen molar-refractivity contribution in [1.29, 1.82) is 0 Å². The number of hydrogen-bond acceptors (Lipinski definition) is 3. The maximum Gasteiger partial charge on any atom is 0.204 e. The summed E-state index contributed by atoms with van der Waals surface area (Å²) in [5, 5.41) is 9.29. The van der Waals surface area contributed by atoms with E-state index in [1.165, 1.54) is 17.7 Å². The van der Waals surface area contributed by atoms with E-state index in [1.54, 1.807) is 12.3 Å². The van der Waals surface area contributed by atoms with Crippen LogP contribution in [-0.2, 0) is 0 Å². The Morgan fingerprint density at radius 3 is 2.56 bits per heavy atom. The van der Waals surface area contributed by atoms with Gasteiger partial charge in [0, 0.05) is 37.0 Å². The van der Waals surface area contributed by atoms with Crippen LogP contribution in [0.5, 0.6) is 0 Å². The highest BCUT2D eigenvalue weighted by molar-refractivity contribution is 5.57. The van der Waals surface area contributed by atoms with Gasteiger partial charge < -0.3 is 4.90 Å². The molecule has 1 aromatic carbocycles. The second-order valence-corrected chi connectivity index (χ2v) is 5.76. The molecule has 128 valence electrons. The number of nitrogens with zero attached hydrogens (tertiary/aromatic N) is 2. The van der Waals surface area contributed by atoms with Crippen LogP contribution in [-0.4, -0.2) is 23.3 Å². The van der Waals surface area contributed by atoms with Crippen LogP contribution in [0.1, 0.15) is 18.4 Å². The highest BCUT2D eigenvalue weighted by Crippen LogP contribution is 2.24. The maximum atomic E-state index is 13.1. The van der Waals surface area contributed by atoms with Gasteiger partial charge in [0.05, 0.1) is 0 Å². The number of aromatic nitrogens is 1. The minimum Gasteiger partial charge on any atom is -0.351 e. The summed E-state index contributed by atoms with van der Waals surface area (Å²) in [6.45, 7) is 1.56. The number of nitrogens with two attached hydrogens (primary N) is 1. The molecule has 0 saturated carbocycles. The van der Waals surface area contributed by atoms with Gasteiger partial charge in [-0.1, -0.05) is 17.4 Å². The molecule has 1 aliphatic heterocycles. The zero-order valence-electron chi connectivity index (χ0n) is 13.5. The van der Waals surface area contributed by atoms with Crippen molar-refractivity contribution < 1.29 is 19.5 Å². The fourth-order valence-corrected chi connectivity index (χ4v) is 2.77. The molecule has 25 heavy (non-hydrogen) atoms. The van der Waals surface area contributed by atoms with Crippen molar-refractivity contribution in [2.75, 3.05) is 18.0 Å². The van der Waals surface area contributed by atoms with Crippen LogP contribution in [0.25, 0.3) is 0 Å². The fraction of sp³-hybridized carbons (Fsp3) is 0.211. The third-order valence-corrected chi connectivity index (χ3v) is 4.02. The molecule has 6 heteroatoms. The molecular formula is C19H18F2N3O+. The highest BCUT2D eigenvalue weighted by Gasteiger charge is 2.19. The van der Waals surface area contributed by atoms with Crippen molar-refractivity contribution in [3.05, 3.63) is 65.4 Å². The average Bonchev–Trinajstić information content (AvgIpc) is 2.61. The first kappa shape index (κ1) is 17.1. The Labute approximate surface area is 144 Å². The first-order chi connectivity index (χ1) is 12.2. The first-order valence-corrected chi connectivity index (χ1v) is 7.98. The van der Waals surface area contributed by atoms with Gasteiger partial charge in [-0.25, -0.2) is 19.0 Å². The molecule has 0 unspecified atom stereocenters. The summed E-state index contributed by atoms with van der Waals surface area (Å²) in [7, 11) is 0. The molecule has 1 saturated heterocycles. The van der Waals surface area contributed by atoms with E-state index >= 15 is 0 Å². The van der Waals surface area contributed by atoms with Crippen LogP contribution in [0.4, 0.5) is 20.3 Å². The quantitative estimate of drug-likeness (QED) is 0.651. The lowest BCUT2D eigenvalue weighted by Gasteiger charge is -2.29. The van der Waals surface area contributed by atoms with Gasteiger partial charge in [-0.15, -0.1) is 0 Å². The highest BCUT2D eigenvalue weighted by atomic mass is 19.1. The van der Waals surface area contributed by atoms with E-state index in [2.05, 4.69) is 21.7 Å². The molecule has 4 nitrogen and oxygen atoms in total. The van der Waals surface area contributed by atoms with Gasteiger partial charge in [-0.05, 0) is 37.1 Å². The predicted molar refractivity (Wildman–Crippen MR) is 90.4 cm³/mol. The van der Waals surface area contributed by atoms with Crippen molar-refractivity contribution in [1.82, 2.24) is 4.98 Å². The number of pyridine rings is 1. The van der Waals surface area contributed by atoms with E-state index < -0.39 is 11.6 Å². The third-order valence-electron chi connectivity index (χ3n) is 4.02. The van der Waals surface area contributed by atoms with Gasteiger partial charge in [-0.3, -0.25) is 0 Å². The molecule has 1 fully saturated rings. The number of rotatable bonds is 2. The van der Waals surface area contributed by atoms with E-state index in [0.717, 1.165) is 43.3 Å². The molecule has 0 radical (unpaired) electrons. The summed E-state index contributed by atoms with van der Waals surface area (Å²) in [4.78, 5) is 6.45. The smallest absolute Gasteiger partial charge is 0.204 e. The summed E-state index contributed by atoms with van der Waals surface area (Å²) in [6.07, 6.45) is 5.18. The SMILES string of the molecule is O[NH2+]c1cccnc1N1CCC(=CC#Cc2cc(F)cc(F)c2)CC1. The molecule has 0 bridgehead atoms. The topological polar surface area (TPSA) is 53.0 Å². The summed E-state index contributed by atoms with van der Waals surface area (Å²) in [5.41, 5.74) is 3.27. The Kier molecular flexibility index (Phi) is 5.39. The third kappa shape index (κ3) is 4.41. The molecule has 0 spiro atoms. The molecule has 0 amide bonds. The van der Waals surface area contributed by atoms with Crippen molar-refractivity contribution in [3.63, 3.8) is 0 Å². The summed E-state index contributed by atoms with van der Waals surface area (Å²) < 4.78 is 26.2. The normalized spacial score (nSPS) is 14.0. The van der Waals surface area contributed by atoms with Gasteiger partial charge in [0.2, 0.25) is 5.69 Å². The molecule has 2 heterocycles. The summed E-state index contributed by atoms with van der Waals surface area (Å²) in [5.74, 6) is 5.16. The standard InChI is InChI=1S/C19H17F2N3O/c20-16-11-15(12-17(21)13-16)4-1-3-14-6-9-24(10-7-14)19-18(23-25)5-2-8-22-19/h2-3,5,8,11-13,23,25H,6-7,9-10H2/p+1. The summed E-state index contributed by atoms with van der Waals surface area (Å²) in [6, 6.07) is 6.86. The zero-order valence-corrected chi connectivity index (χ0v) is 13.5. The number of quaternary nitrogens is 1. The number of hydrogen-bond donors (Lipinski definition) is 2. The van der Waals surface area contributed by atoms with E-state index in [0.29, 0.717) is 11.3 Å². The summed E-state index contributed by atoms with van der Waals surface area (Å²) >= 11 is 0. The zero-order chi connectivity index (χ0) is 17.6. The first-order valence-electron chi connectivity index (χ1n) is 7.98. The molecule has 1 aromatic heterocycles. The Balaban J connectivity index is 1.64. The molecular weight excluding hydrogens is 324 g/mol. The minimum atomic E-state index is -0.628. The number of halogens is 2. The van der Waals surface area contributed by atoms with Crippen LogP contribution in [0.15, 0.2) is 48.2 Å². The Bertz CT molecular complexity index is 825. The average molecular weight is 342 g/mol. The minimum absolute atomic E-state index is 0.323. The fourth-order valence-electron chi connectivity index (χ4n) is 2.77. The van der Waals surface area contributed by atoms with Gasteiger partial charge in [0.25, 0.3) is 0 Å². The molecule has 0 aliphatic carbocycles. The monoisotopic (exact) mass is 342 g/mol. The largest absolute Gasteiger partial charge is 0.351 e.